The summed E-state index contributed by atoms with van der Waals surface area (Å²) in [6.07, 6.45) is 2.52. The van der Waals surface area contributed by atoms with Gasteiger partial charge in [-0.2, -0.15) is 0 Å². The van der Waals surface area contributed by atoms with Gasteiger partial charge in [0.1, 0.15) is 0 Å². The summed E-state index contributed by atoms with van der Waals surface area (Å²) in [5, 5.41) is 4.68. The molecule has 0 bridgehead atoms. The zero-order valence-corrected chi connectivity index (χ0v) is 12.3. The maximum atomic E-state index is 11.3. The van der Waals surface area contributed by atoms with Gasteiger partial charge in [-0.3, -0.25) is 4.79 Å². The molecule has 0 spiro atoms. The van der Waals surface area contributed by atoms with E-state index in [1.54, 1.807) is 0 Å². The normalized spacial score (nSPS) is 11.2. The molecule has 1 aromatic carbocycles. The number of fused-ring (bicyclic) bond motifs is 1. The van der Waals surface area contributed by atoms with E-state index in [4.69, 9.17) is 4.74 Å². The number of carbonyl (C=O) groups excluding carboxylic acids is 1. The predicted molar refractivity (Wildman–Crippen MR) is 80.5 cm³/mol. The first-order valence-corrected chi connectivity index (χ1v) is 6.98. The highest BCUT2D eigenvalue weighted by molar-refractivity contribution is 5.84. The van der Waals surface area contributed by atoms with Crippen LogP contribution < -0.4 is 5.32 Å². The number of methoxy groups -OCH3 is 1. The number of ether oxygens (including phenoxy) is 1. The number of nitrogens with one attached hydrogen (secondary N) is 1. The van der Waals surface area contributed by atoms with Gasteiger partial charge in [0.05, 0.1) is 13.5 Å². The van der Waals surface area contributed by atoms with Crippen molar-refractivity contribution in [2.75, 3.05) is 7.11 Å². The first kappa shape index (κ1) is 14.6. The van der Waals surface area contributed by atoms with Crippen molar-refractivity contribution >= 4 is 16.9 Å². The van der Waals surface area contributed by atoms with Gasteiger partial charge in [0.25, 0.3) is 0 Å². The molecule has 0 atom stereocenters. The molecule has 2 rings (SSSR count). The van der Waals surface area contributed by atoms with E-state index < -0.39 is 0 Å². The quantitative estimate of drug-likeness (QED) is 0.824. The van der Waals surface area contributed by atoms with Crippen LogP contribution in [0.5, 0.6) is 0 Å². The third-order valence-corrected chi connectivity index (χ3v) is 3.36. The Kier molecular flexibility index (Phi) is 4.79. The number of esters is 1. The summed E-state index contributed by atoms with van der Waals surface area (Å²) in [5.41, 5.74) is 2.43. The Hall–Kier alpha value is -1.81. The molecule has 1 heterocycles. The van der Waals surface area contributed by atoms with Crippen LogP contribution in [0.15, 0.2) is 30.5 Å². The summed E-state index contributed by atoms with van der Waals surface area (Å²) in [6, 6.07) is 8.74. The number of nitrogens with zero attached hydrogens (tertiary/aromatic N) is 1. The molecule has 108 valence electrons. The number of aryl methyl sites for hydroxylation is 1. The Balaban J connectivity index is 2.23. The van der Waals surface area contributed by atoms with Gasteiger partial charge in [0.2, 0.25) is 0 Å². The molecular formula is C16H22N2O2. The number of benzene rings is 1. The number of carbonyl (C=O) groups is 1. The minimum absolute atomic E-state index is 0.176. The number of hydrogen-bond acceptors (Lipinski definition) is 3. The van der Waals surface area contributed by atoms with Crippen LogP contribution in [0.25, 0.3) is 10.9 Å². The molecule has 0 aliphatic heterocycles. The van der Waals surface area contributed by atoms with Crippen molar-refractivity contribution in [1.82, 2.24) is 9.88 Å². The summed E-state index contributed by atoms with van der Waals surface area (Å²) in [6.45, 7) is 5.76. The summed E-state index contributed by atoms with van der Waals surface area (Å²) >= 11 is 0. The van der Waals surface area contributed by atoms with E-state index in [2.05, 4.69) is 42.1 Å². The summed E-state index contributed by atoms with van der Waals surface area (Å²) < 4.78 is 6.83. The van der Waals surface area contributed by atoms with E-state index in [-0.39, 0.29) is 5.97 Å². The topological polar surface area (TPSA) is 43.3 Å². The second-order valence-electron chi connectivity index (χ2n) is 5.23. The van der Waals surface area contributed by atoms with Gasteiger partial charge in [0, 0.05) is 36.2 Å². The van der Waals surface area contributed by atoms with Crippen molar-refractivity contribution in [3.63, 3.8) is 0 Å². The summed E-state index contributed by atoms with van der Waals surface area (Å²) in [4.78, 5) is 11.3. The average molecular weight is 274 g/mol. The maximum Gasteiger partial charge on any atom is 0.307 e. The lowest BCUT2D eigenvalue weighted by Gasteiger charge is -2.06. The third kappa shape index (κ3) is 3.39. The number of aromatic nitrogens is 1. The van der Waals surface area contributed by atoms with Crippen LogP contribution in [0, 0.1) is 0 Å². The molecular weight excluding hydrogens is 252 g/mol. The van der Waals surface area contributed by atoms with Gasteiger partial charge in [-0.25, -0.2) is 0 Å². The number of para-hydroxylation sites is 1. The number of hydrogen-bond donors (Lipinski definition) is 1. The SMILES string of the molecule is COC(=O)CCn1cc(CNC(C)C)c2ccccc21. The first-order chi connectivity index (χ1) is 9.61. The second kappa shape index (κ2) is 6.57. The van der Waals surface area contributed by atoms with Crippen molar-refractivity contribution in [3.05, 3.63) is 36.0 Å². The van der Waals surface area contributed by atoms with Gasteiger partial charge in [-0.1, -0.05) is 32.0 Å². The molecule has 1 N–H and O–H groups in total. The Morgan fingerprint density at radius 1 is 1.35 bits per heavy atom. The van der Waals surface area contributed by atoms with Gasteiger partial charge in [-0.05, 0) is 11.6 Å². The minimum Gasteiger partial charge on any atom is -0.469 e. The maximum absolute atomic E-state index is 11.3. The lowest BCUT2D eigenvalue weighted by molar-refractivity contribution is -0.140. The lowest BCUT2D eigenvalue weighted by Crippen LogP contribution is -2.21. The second-order valence-corrected chi connectivity index (χ2v) is 5.23. The fourth-order valence-corrected chi connectivity index (χ4v) is 2.28. The van der Waals surface area contributed by atoms with Crippen LogP contribution in [0.4, 0.5) is 0 Å². The smallest absolute Gasteiger partial charge is 0.307 e. The average Bonchev–Trinajstić information content (AvgIpc) is 2.81. The highest BCUT2D eigenvalue weighted by Gasteiger charge is 2.09. The third-order valence-electron chi connectivity index (χ3n) is 3.36. The van der Waals surface area contributed by atoms with Crippen LogP contribution in [-0.2, 0) is 22.6 Å². The zero-order chi connectivity index (χ0) is 14.5. The number of rotatable bonds is 6. The Morgan fingerprint density at radius 2 is 2.10 bits per heavy atom. The molecule has 0 aliphatic rings. The predicted octanol–water partition coefficient (Wildman–Crippen LogP) is 2.70. The largest absolute Gasteiger partial charge is 0.469 e. The fourth-order valence-electron chi connectivity index (χ4n) is 2.28. The van der Waals surface area contributed by atoms with E-state index in [0.717, 1.165) is 12.1 Å². The molecule has 4 heteroatoms. The highest BCUT2D eigenvalue weighted by atomic mass is 16.5. The molecule has 0 saturated carbocycles. The van der Waals surface area contributed by atoms with E-state index in [1.807, 2.05) is 12.1 Å². The minimum atomic E-state index is -0.176. The molecule has 0 amide bonds. The van der Waals surface area contributed by atoms with Crippen LogP contribution >= 0.6 is 0 Å². The molecule has 2 aromatic rings. The Morgan fingerprint density at radius 3 is 2.80 bits per heavy atom. The Labute approximate surface area is 119 Å². The van der Waals surface area contributed by atoms with Gasteiger partial charge in [-0.15, -0.1) is 0 Å². The fraction of sp³-hybridized carbons (Fsp3) is 0.438. The van der Waals surface area contributed by atoms with Crippen LogP contribution in [0.1, 0.15) is 25.8 Å². The monoisotopic (exact) mass is 274 g/mol. The lowest BCUT2D eigenvalue weighted by atomic mass is 10.2. The molecule has 1 aromatic heterocycles. The first-order valence-electron chi connectivity index (χ1n) is 6.98. The van der Waals surface area contributed by atoms with Crippen LogP contribution in [0.2, 0.25) is 0 Å². The van der Waals surface area contributed by atoms with Gasteiger partial charge in [0.15, 0.2) is 0 Å². The molecule has 20 heavy (non-hydrogen) atoms. The molecule has 0 aliphatic carbocycles. The van der Waals surface area contributed by atoms with Crippen molar-refractivity contribution in [3.8, 4) is 0 Å². The standard InChI is InChI=1S/C16H22N2O2/c1-12(2)17-10-13-11-18(9-8-16(19)20-3)15-7-5-4-6-14(13)15/h4-7,11-12,17H,8-10H2,1-3H3. The van der Waals surface area contributed by atoms with Crippen molar-refractivity contribution in [2.24, 2.45) is 0 Å². The zero-order valence-electron chi connectivity index (χ0n) is 12.3. The molecule has 4 nitrogen and oxygen atoms in total. The van der Waals surface area contributed by atoms with Gasteiger partial charge < -0.3 is 14.6 Å². The molecule has 0 fully saturated rings. The van der Waals surface area contributed by atoms with Crippen molar-refractivity contribution in [1.29, 1.82) is 0 Å². The van der Waals surface area contributed by atoms with E-state index >= 15 is 0 Å². The Bertz CT molecular complexity index is 587. The molecule has 0 unspecified atom stereocenters. The van der Waals surface area contributed by atoms with Crippen molar-refractivity contribution < 1.29 is 9.53 Å². The summed E-state index contributed by atoms with van der Waals surface area (Å²) in [7, 11) is 1.42. The highest BCUT2D eigenvalue weighted by Crippen LogP contribution is 2.21. The van der Waals surface area contributed by atoms with Gasteiger partial charge >= 0.3 is 5.97 Å². The van der Waals surface area contributed by atoms with E-state index in [0.29, 0.717) is 19.0 Å². The molecule has 0 saturated heterocycles. The van der Waals surface area contributed by atoms with Crippen molar-refractivity contribution in [2.45, 2.75) is 39.4 Å². The molecule has 0 radical (unpaired) electrons. The summed E-state index contributed by atoms with van der Waals surface area (Å²) in [5.74, 6) is -0.176. The van der Waals surface area contributed by atoms with Crippen LogP contribution in [-0.4, -0.2) is 23.7 Å². The van der Waals surface area contributed by atoms with E-state index in [1.165, 1.54) is 18.1 Å². The van der Waals surface area contributed by atoms with E-state index in [9.17, 15) is 4.79 Å². The van der Waals surface area contributed by atoms with Crippen LogP contribution in [0.3, 0.4) is 0 Å².